The molecule has 0 radical (unpaired) electrons. The molecule has 1 saturated heterocycles. The number of carbonyl (C=O) groups is 1. The summed E-state index contributed by atoms with van der Waals surface area (Å²) in [5.74, 6) is 0.228. The van der Waals surface area contributed by atoms with E-state index < -0.39 is 10.0 Å². The molecule has 2 aromatic rings. The third-order valence-electron chi connectivity index (χ3n) is 4.03. The molecule has 3 rings (SSSR count). The monoisotopic (exact) mass is 376 g/mol. The number of amides is 1. The Morgan fingerprint density at radius 2 is 1.85 bits per heavy atom. The molecule has 1 heterocycles. The van der Waals surface area contributed by atoms with Crippen molar-refractivity contribution in [3.8, 4) is 5.75 Å². The van der Waals surface area contributed by atoms with Crippen LogP contribution >= 0.6 is 0 Å². The maximum Gasteiger partial charge on any atom is 0.255 e. The predicted molar refractivity (Wildman–Crippen MR) is 97.0 cm³/mol. The normalized spacial score (nSPS) is 15.4. The van der Waals surface area contributed by atoms with Crippen molar-refractivity contribution in [3.05, 3.63) is 54.1 Å². The number of carbonyl (C=O) groups excluding carboxylic acids is 1. The summed E-state index contributed by atoms with van der Waals surface area (Å²) in [6, 6.07) is 13.0. The largest absolute Gasteiger partial charge is 0.497 e. The van der Waals surface area contributed by atoms with Crippen molar-refractivity contribution in [1.29, 1.82) is 0 Å². The van der Waals surface area contributed by atoms with Gasteiger partial charge >= 0.3 is 0 Å². The van der Waals surface area contributed by atoms with Gasteiger partial charge in [-0.05, 0) is 36.4 Å². The number of ether oxygens (including phenoxy) is 2. The average Bonchev–Trinajstić information content (AvgIpc) is 2.69. The first-order chi connectivity index (χ1) is 12.5. The summed E-state index contributed by atoms with van der Waals surface area (Å²) in [5.41, 5.74) is 0.831. The van der Waals surface area contributed by atoms with Crippen LogP contribution in [0.25, 0.3) is 0 Å². The molecule has 1 aliphatic rings. The van der Waals surface area contributed by atoms with Gasteiger partial charge in [-0.15, -0.1) is 0 Å². The van der Waals surface area contributed by atoms with Crippen molar-refractivity contribution >= 4 is 21.6 Å². The smallest absolute Gasteiger partial charge is 0.255 e. The summed E-state index contributed by atoms with van der Waals surface area (Å²) in [5, 5.41) is 2.72. The Balaban J connectivity index is 1.79. The second kappa shape index (κ2) is 7.86. The van der Waals surface area contributed by atoms with Crippen LogP contribution in [0.1, 0.15) is 10.4 Å². The number of nitrogens with one attached hydrogen (secondary N) is 1. The number of nitrogens with zero attached hydrogens (tertiary/aromatic N) is 1. The van der Waals surface area contributed by atoms with E-state index in [2.05, 4.69) is 5.32 Å². The third kappa shape index (κ3) is 4.04. The molecule has 138 valence electrons. The van der Waals surface area contributed by atoms with E-state index in [1.165, 1.54) is 23.5 Å². The van der Waals surface area contributed by atoms with Crippen LogP contribution in [0.2, 0.25) is 0 Å². The standard InChI is InChI=1S/C18H20N2O5S/c1-24-16-6-2-4-14(12-16)18(21)19-15-5-3-7-17(13-15)26(22,23)20-8-10-25-11-9-20/h2-7,12-13H,8-11H2,1H3,(H,19,21). The van der Waals surface area contributed by atoms with E-state index in [-0.39, 0.29) is 10.8 Å². The lowest BCUT2D eigenvalue weighted by Gasteiger charge is -2.26. The Morgan fingerprint density at radius 1 is 1.12 bits per heavy atom. The number of benzene rings is 2. The second-order valence-electron chi connectivity index (χ2n) is 5.73. The Kier molecular flexibility index (Phi) is 5.55. The van der Waals surface area contributed by atoms with Crippen molar-refractivity contribution < 1.29 is 22.7 Å². The number of sulfonamides is 1. The van der Waals surface area contributed by atoms with Gasteiger partial charge in [-0.1, -0.05) is 12.1 Å². The van der Waals surface area contributed by atoms with E-state index in [0.717, 1.165) is 0 Å². The fourth-order valence-electron chi connectivity index (χ4n) is 2.64. The molecular weight excluding hydrogens is 356 g/mol. The first-order valence-corrected chi connectivity index (χ1v) is 9.58. The highest BCUT2D eigenvalue weighted by Crippen LogP contribution is 2.21. The van der Waals surface area contributed by atoms with E-state index in [1.54, 1.807) is 36.4 Å². The van der Waals surface area contributed by atoms with Crippen LogP contribution in [0.4, 0.5) is 5.69 Å². The lowest BCUT2D eigenvalue weighted by molar-refractivity contribution is 0.0730. The van der Waals surface area contributed by atoms with Gasteiger partial charge in [0.25, 0.3) is 5.91 Å². The zero-order valence-corrected chi connectivity index (χ0v) is 15.2. The minimum absolute atomic E-state index is 0.142. The molecule has 7 nitrogen and oxygen atoms in total. The quantitative estimate of drug-likeness (QED) is 0.862. The van der Waals surface area contributed by atoms with E-state index in [4.69, 9.17) is 9.47 Å². The van der Waals surface area contributed by atoms with Crippen molar-refractivity contribution in [2.75, 3.05) is 38.7 Å². The first-order valence-electron chi connectivity index (χ1n) is 8.14. The lowest BCUT2D eigenvalue weighted by Crippen LogP contribution is -2.40. The highest BCUT2D eigenvalue weighted by atomic mass is 32.2. The van der Waals surface area contributed by atoms with Crippen LogP contribution in [0.3, 0.4) is 0 Å². The highest BCUT2D eigenvalue weighted by Gasteiger charge is 2.26. The van der Waals surface area contributed by atoms with Gasteiger partial charge in [0, 0.05) is 24.3 Å². The Labute approximate surface area is 152 Å². The van der Waals surface area contributed by atoms with Crippen LogP contribution in [0.15, 0.2) is 53.4 Å². The fourth-order valence-corrected chi connectivity index (χ4v) is 4.09. The van der Waals surface area contributed by atoms with Gasteiger partial charge in [0.05, 0.1) is 25.2 Å². The minimum Gasteiger partial charge on any atom is -0.497 e. The average molecular weight is 376 g/mol. The van der Waals surface area contributed by atoms with Crippen molar-refractivity contribution in [2.24, 2.45) is 0 Å². The van der Waals surface area contributed by atoms with Gasteiger partial charge in [-0.25, -0.2) is 8.42 Å². The molecule has 0 bridgehead atoms. The summed E-state index contributed by atoms with van der Waals surface area (Å²) in [6.45, 7) is 1.41. The number of hydrogen-bond acceptors (Lipinski definition) is 5. The van der Waals surface area contributed by atoms with Crippen LogP contribution < -0.4 is 10.1 Å². The molecule has 26 heavy (non-hydrogen) atoms. The van der Waals surface area contributed by atoms with Gasteiger partial charge in [0.15, 0.2) is 0 Å². The number of methoxy groups -OCH3 is 1. The summed E-state index contributed by atoms with van der Waals surface area (Å²) in [6.07, 6.45) is 0. The Hall–Kier alpha value is -2.42. The maximum absolute atomic E-state index is 12.7. The van der Waals surface area contributed by atoms with Crippen LogP contribution in [0, 0.1) is 0 Å². The molecule has 1 aliphatic heterocycles. The zero-order chi connectivity index (χ0) is 18.6. The molecule has 0 aliphatic carbocycles. The molecule has 0 aromatic heterocycles. The van der Waals surface area contributed by atoms with E-state index in [9.17, 15) is 13.2 Å². The molecule has 0 spiro atoms. The second-order valence-corrected chi connectivity index (χ2v) is 7.67. The van der Waals surface area contributed by atoms with E-state index in [1.807, 2.05) is 0 Å². The van der Waals surface area contributed by atoms with Gasteiger partial charge in [0.2, 0.25) is 10.0 Å². The summed E-state index contributed by atoms with van der Waals surface area (Å²) in [7, 11) is -2.09. The van der Waals surface area contributed by atoms with E-state index in [0.29, 0.717) is 43.3 Å². The Bertz CT molecular complexity index is 892. The number of anilines is 1. The molecule has 1 fully saturated rings. The number of hydrogen-bond donors (Lipinski definition) is 1. The van der Waals surface area contributed by atoms with Crippen LogP contribution in [-0.2, 0) is 14.8 Å². The third-order valence-corrected chi connectivity index (χ3v) is 5.93. The van der Waals surface area contributed by atoms with Gasteiger partial charge in [-0.3, -0.25) is 4.79 Å². The number of morpholine rings is 1. The van der Waals surface area contributed by atoms with Gasteiger partial charge in [0.1, 0.15) is 5.75 Å². The van der Waals surface area contributed by atoms with Crippen LogP contribution in [0.5, 0.6) is 5.75 Å². The molecule has 8 heteroatoms. The lowest BCUT2D eigenvalue weighted by atomic mass is 10.2. The highest BCUT2D eigenvalue weighted by molar-refractivity contribution is 7.89. The van der Waals surface area contributed by atoms with Crippen molar-refractivity contribution in [2.45, 2.75) is 4.90 Å². The summed E-state index contributed by atoms with van der Waals surface area (Å²) < 4.78 is 37.1. The molecule has 1 amide bonds. The van der Waals surface area contributed by atoms with Crippen LogP contribution in [-0.4, -0.2) is 52.0 Å². The summed E-state index contributed by atoms with van der Waals surface area (Å²) in [4.78, 5) is 12.5. The van der Waals surface area contributed by atoms with Gasteiger partial charge < -0.3 is 14.8 Å². The summed E-state index contributed by atoms with van der Waals surface area (Å²) >= 11 is 0. The first kappa shape index (κ1) is 18.4. The topological polar surface area (TPSA) is 84.9 Å². The zero-order valence-electron chi connectivity index (χ0n) is 14.3. The Morgan fingerprint density at radius 3 is 2.58 bits per heavy atom. The molecule has 0 atom stereocenters. The molecule has 0 unspecified atom stereocenters. The molecular formula is C18H20N2O5S. The van der Waals surface area contributed by atoms with Crippen molar-refractivity contribution in [3.63, 3.8) is 0 Å². The maximum atomic E-state index is 12.7. The minimum atomic E-state index is -3.61. The SMILES string of the molecule is COc1cccc(C(=O)Nc2cccc(S(=O)(=O)N3CCOCC3)c2)c1. The molecule has 1 N–H and O–H groups in total. The fraction of sp³-hybridized carbons (Fsp3) is 0.278. The molecule has 0 saturated carbocycles. The van der Waals surface area contributed by atoms with Crippen molar-refractivity contribution in [1.82, 2.24) is 4.31 Å². The predicted octanol–water partition coefficient (Wildman–Crippen LogP) is 1.97. The van der Waals surface area contributed by atoms with E-state index >= 15 is 0 Å². The molecule has 2 aromatic carbocycles. The van der Waals surface area contributed by atoms with Gasteiger partial charge in [-0.2, -0.15) is 4.31 Å². The number of rotatable bonds is 5.